The highest BCUT2D eigenvalue weighted by atomic mass is 32.2. The number of aliphatic hydroxyl groups excluding tert-OH is 1. The maximum Gasteiger partial charge on any atom is 0.211 e. The summed E-state index contributed by atoms with van der Waals surface area (Å²) in [4.78, 5) is 2.02. The second-order valence-electron chi connectivity index (χ2n) is 5.25. The normalized spacial score (nSPS) is 23.6. The third-order valence-electron chi connectivity index (χ3n) is 3.74. The number of likely N-dealkylation sites (tertiary alicyclic amines) is 1. The predicted octanol–water partition coefficient (Wildman–Crippen LogP) is 0.873. The Kier molecular flexibility index (Phi) is 5.32. The fourth-order valence-electron chi connectivity index (χ4n) is 2.61. The van der Waals surface area contributed by atoms with Gasteiger partial charge in [-0.3, -0.25) is 4.90 Å². The van der Waals surface area contributed by atoms with Gasteiger partial charge in [-0.15, -0.1) is 0 Å². The van der Waals surface area contributed by atoms with Crippen LogP contribution in [0.5, 0.6) is 0 Å². The van der Waals surface area contributed by atoms with E-state index >= 15 is 0 Å². The van der Waals surface area contributed by atoms with Crippen LogP contribution in [0.15, 0.2) is 24.3 Å². The van der Waals surface area contributed by atoms with Crippen LogP contribution in [0.2, 0.25) is 0 Å². The number of aliphatic hydroxyl groups is 1. The van der Waals surface area contributed by atoms with E-state index in [1.807, 2.05) is 4.90 Å². The molecule has 0 unspecified atom stereocenters. The summed E-state index contributed by atoms with van der Waals surface area (Å²) >= 11 is 0. The molecule has 5 nitrogen and oxygen atoms in total. The number of halogens is 1. The van der Waals surface area contributed by atoms with Gasteiger partial charge in [-0.1, -0.05) is 12.1 Å². The summed E-state index contributed by atoms with van der Waals surface area (Å²) in [6.07, 6.45) is 0.134. The molecule has 21 heavy (non-hydrogen) atoms. The van der Waals surface area contributed by atoms with Crippen molar-refractivity contribution in [2.24, 2.45) is 0 Å². The highest BCUT2D eigenvalue weighted by Gasteiger charge is 2.31. The van der Waals surface area contributed by atoms with Gasteiger partial charge in [-0.2, -0.15) is 0 Å². The third kappa shape index (κ3) is 4.47. The maximum atomic E-state index is 13.0. The van der Waals surface area contributed by atoms with Crippen LogP contribution in [-0.2, 0) is 10.0 Å². The Morgan fingerprint density at radius 3 is 2.67 bits per heavy atom. The Hall–Kier alpha value is -1.02. The standard InChI is InChI=1S/C14H21FN2O3S/c1-2-21(19,20)16-7-8-17-10-13(18)9-14(17)11-3-5-12(15)6-4-11/h3-6,13-14,16,18H,2,7-10H2,1H3/t13-,14-/m1/s1. The highest BCUT2D eigenvalue weighted by Crippen LogP contribution is 2.31. The van der Waals surface area contributed by atoms with Gasteiger partial charge in [0.1, 0.15) is 5.82 Å². The van der Waals surface area contributed by atoms with Crippen molar-refractivity contribution in [1.82, 2.24) is 9.62 Å². The number of nitrogens with one attached hydrogen (secondary N) is 1. The van der Waals surface area contributed by atoms with Gasteiger partial charge in [-0.05, 0) is 31.0 Å². The van der Waals surface area contributed by atoms with E-state index in [0.29, 0.717) is 26.1 Å². The van der Waals surface area contributed by atoms with Gasteiger partial charge in [0, 0.05) is 25.7 Å². The van der Waals surface area contributed by atoms with Crippen molar-refractivity contribution in [3.05, 3.63) is 35.6 Å². The van der Waals surface area contributed by atoms with E-state index in [1.54, 1.807) is 19.1 Å². The minimum absolute atomic E-state index is 0.00766. The molecule has 0 amide bonds. The molecule has 1 fully saturated rings. The van der Waals surface area contributed by atoms with Gasteiger partial charge < -0.3 is 5.11 Å². The molecule has 7 heteroatoms. The van der Waals surface area contributed by atoms with E-state index in [-0.39, 0.29) is 17.6 Å². The van der Waals surface area contributed by atoms with Crippen LogP contribution >= 0.6 is 0 Å². The molecule has 1 heterocycles. The summed E-state index contributed by atoms with van der Waals surface area (Å²) in [5.41, 5.74) is 0.936. The molecule has 0 saturated carbocycles. The summed E-state index contributed by atoms with van der Waals surface area (Å²) in [7, 11) is -3.20. The van der Waals surface area contributed by atoms with E-state index in [2.05, 4.69) is 4.72 Å². The first-order valence-electron chi connectivity index (χ1n) is 7.06. The lowest BCUT2D eigenvalue weighted by molar-refractivity contribution is 0.176. The molecule has 1 aliphatic heterocycles. The van der Waals surface area contributed by atoms with Gasteiger partial charge in [0.15, 0.2) is 0 Å². The molecule has 1 aliphatic rings. The Morgan fingerprint density at radius 1 is 1.38 bits per heavy atom. The number of nitrogens with zero attached hydrogens (tertiary/aromatic N) is 1. The topological polar surface area (TPSA) is 69.6 Å². The van der Waals surface area contributed by atoms with E-state index in [0.717, 1.165) is 5.56 Å². The van der Waals surface area contributed by atoms with Crippen LogP contribution in [0.4, 0.5) is 4.39 Å². The van der Waals surface area contributed by atoms with Crippen molar-refractivity contribution in [1.29, 1.82) is 0 Å². The number of hydrogen-bond donors (Lipinski definition) is 2. The van der Waals surface area contributed by atoms with Gasteiger partial charge in [0.05, 0.1) is 11.9 Å². The van der Waals surface area contributed by atoms with Crippen molar-refractivity contribution in [3.63, 3.8) is 0 Å². The second kappa shape index (κ2) is 6.83. The molecule has 2 atom stereocenters. The summed E-state index contributed by atoms with van der Waals surface area (Å²) < 4.78 is 38.3. The van der Waals surface area contributed by atoms with Crippen LogP contribution in [0.25, 0.3) is 0 Å². The summed E-state index contributed by atoms with van der Waals surface area (Å²) in [6, 6.07) is 6.21. The van der Waals surface area contributed by atoms with Crippen LogP contribution < -0.4 is 4.72 Å². The molecule has 2 rings (SSSR count). The lowest BCUT2D eigenvalue weighted by Crippen LogP contribution is -2.36. The number of rotatable bonds is 6. The predicted molar refractivity (Wildman–Crippen MR) is 78.8 cm³/mol. The molecular weight excluding hydrogens is 295 g/mol. The zero-order chi connectivity index (χ0) is 15.5. The van der Waals surface area contributed by atoms with Crippen molar-refractivity contribution >= 4 is 10.0 Å². The maximum absolute atomic E-state index is 13.0. The van der Waals surface area contributed by atoms with Crippen LogP contribution in [0.1, 0.15) is 24.9 Å². The quantitative estimate of drug-likeness (QED) is 0.817. The molecule has 2 N–H and O–H groups in total. The van der Waals surface area contributed by atoms with Crippen LogP contribution in [0.3, 0.4) is 0 Å². The molecule has 1 aromatic carbocycles. The fraction of sp³-hybridized carbons (Fsp3) is 0.571. The second-order valence-corrected chi connectivity index (χ2v) is 7.35. The first-order valence-corrected chi connectivity index (χ1v) is 8.71. The summed E-state index contributed by atoms with van der Waals surface area (Å²) in [6.45, 7) is 2.90. The van der Waals surface area contributed by atoms with Crippen molar-refractivity contribution < 1.29 is 17.9 Å². The molecule has 0 bridgehead atoms. The van der Waals surface area contributed by atoms with Crippen molar-refractivity contribution in [2.45, 2.75) is 25.5 Å². The minimum Gasteiger partial charge on any atom is -0.392 e. The average molecular weight is 316 g/mol. The first kappa shape index (κ1) is 16.4. The van der Waals surface area contributed by atoms with E-state index in [1.165, 1.54) is 12.1 Å². The largest absolute Gasteiger partial charge is 0.392 e. The Balaban J connectivity index is 1.98. The lowest BCUT2D eigenvalue weighted by Gasteiger charge is -2.24. The smallest absolute Gasteiger partial charge is 0.211 e. The zero-order valence-corrected chi connectivity index (χ0v) is 12.8. The molecule has 1 aromatic rings. The van der Waals surface area contributed by atoms with Crippen LogP contribution in [0, 0.1) is 5.82 Å². The fourth-order valence-corrected chi connectivity index (χ4v) is 3.21. The van der Waals surface area contributed by atoms with Gasteiger partial charge in [-0.25, -0.2) is 17.5 Å². The number of hydrogen-bond acceptors (Lipinski definition) is 4. The van der Waals surface area contributed by atoms with E-state index in [9.17, 15) is 17.9 Å². The van der Waals surface area contributed by atoms with Gasteiger partial charge >= 0.3 is 0 Å². The first-order chi connectivity index (χ1) is 9.91. The van der Waals surface area contributed by atoms with E-state index < -0.39 is 16.1 Å². The average Bonchev–Trinajstić information content (AvgIpc) is 2.80. The Morgan fingerprint density at radius 2 is 2.05 bits per heavy atom. The summed E-state index contributed by atoms with van der Waals surface area (Å²) in [5.74, 6) is -0.239. The lowest BCUT2D eigenvalue weighted by atomic mass is 10.0. The Bertz CT molecular complexity index is 562. The van der Waals surface area contributed by atoms with Crippen LogP contribution in [-0.4, -0.2) is 49.9 Å². The molecule has 0 spiro atoms. The molecular formula is C14H21FN2O3S. The number of sulfonamides is 1. The number of β-amino-alcohol motifs (C(OH)–C–C–N with tert-alkyl or cyclic N) is 1. The minimum atomic E-state index is -3.20. The van der Waals surface area contributed by atoms with Crippen molar-refractivity contribution in [3.8, 4) is 0 Å². The molecule has 0 aromatic heterocycles. The SMILES string of the molecule is CCS(=O)(=O)NCCN1C[C@H](O)C[C@@H]1c1ccc(F)cc1. The molecule has 1 saturated heterocycles. The molecule has 118 valence electrons. The zero-order valence-electron chi connectivity index (χ0n) is 12.0. The van der Waals surface area contributed by atoms with Gasteiger partial charge in [0.2, 0.25) is 10.0 Å². The van der Waals surface area contributed by atoms with Crippen molar-refractivity contribution in [2.75, 3.05) is 25.4 Å². The number of benzene rings is 1. The molecule has 0 aliphatic carbocycles. The Labute approximate surface area is 124 Å². The monoisotopic (exact) mass is 316 g/mol. The highest BCUT2D eigenvalue weighted by molar-refractivity contribution is 7.89. The third-order valence-corrected chi connectivity index (χ3v) is 5.14. The summed E-state index contributed by atoms with van der Waals surface area (Å²) in [5, 5.41) is 9.84. The van der Waals surface area contributed by atoms with E-state index in [4.69, 9.17) is 0 Å². The van der Waals surface area contributed by atoms with Gasteiger partial charge in [0.25, 0.3) is 0 Å². The molecule has 0 radical (unpaired) electrons.